The zero-order chi connectivity index (χ0) is 28.3. The summed E-state index contributed by atoms with van der Waals surface area (Å²) < 4.78 is 2.16. The first-order chi connectivity index (χ1) is 21.3. The number of hydrogen-bond acceptors (Lipinski definition) is 4. The first-order valence-electron chi connectivity index (χ1n) is 14.3. The lowest BCUT2D eigenvalue weighted by Gasteiger charge is -2.14. The van der Waals surface area contributed by atoms with Gasteiger partial charge >= 0.3 is 0 Å². The van der Waals surface area contributed by atoms with Crippen molar-refractivity contribution in [2.45, 2.75) is 0 Å². The molecule has 43 heavy (non-hydrogen) atoms. The monoisotopic (exact) mass is 549 g/mol. The number of aromatic nitrogens is 5. The lowest BCUT2D eigenvalue weighted by Crippen LogP contribution is -2.06. The van der Waals surface area contributed by atoms with E-state index in [9.17, 15) is 0 Å². The highest BCUT2D eigenvalue weighted by Crippen LogP contribution is 2.38. The molecule has 0 N–H and O–H groups in total. The van der Waals surface area contributed by atoms with Crippen LogP contribution in [0.1, 0.15) is 0 Å². The molecule has 9 aromatic rings. The van der Waals surface area contributed by atoms with E-state index in [0.717, 1.165) is 59.9 Å². The highest BCUT2D eigenvalue weighted by atomic mass is 15.2. The van der Waals surface area contributed by atoms with Crippen molar-refractivity contribution >= 4 is 54.1 Å². The first-order valence-corrected chi connectivity index (χ1v) is 14.3. The standard InChI is InChI=1S/C38H23N5/c1-2-10-25(11-3-1)36-40-37(42-38(41-36)43-34-16-8-6-14-29(34)30-15-7-9-17-35(30)43)32-22-31-28(26-12-4-5-13-27(26)32)19-18-24-20-21-39-23-33(24)31/h1-23H. The topological polar surface area (TPSA) is 56.5 Å². The maximum atomic E-state index is 5.23. The molecule has 0 aliphatic carbocycles. The van der Waals surface area contributed by atoms with E-state index in [4.69, 9.17) is 15.0 Å². The summed E-state index contributed by atoms with van der Waals surface area (Å²) in [5, 5.41) is 9.13. The molecular weight excluding hydrogens is 526 g/mol. The largest absolute Gasteiger partial charge is 0.278 e. The van der Waals surface area contributed by atoms with Crippen molar-refractivity contribution < 1.29 is 0 Å². The molecule has 0 saturated carbocycles. The van der Waals surface area contributed by atoms with E-state index in [-0.39, 0.29) is 0 Å². The first kappa shape index (κ1) is 23.7. The minimum Gasteiger partial charge on any atom is -0.278 e. The second-order valence-electron chi connectivity index (χ2n) is 10.7. The molecule has 200 valence electrons. The summed E-state index contributed by atoms with van der Waals surface area (Å²) in [7, 11) is 0. The van der Waals surface area contributed by atoms with Gasteiger partial charge in [0.1, 0.15) is 0 Å². The third kappa shape index (κ3) is 3.65. The van der Waals surface area contributed by atoms with Crippen molar-refractivity contribution in [2.75, 3.05) is 0 Å². The van der Waals surface area contributed by atoms with Gasteiger partial charge in [-0.3, -0.25) is 9.55 Å². The van der Waals surface area contributed by atoms with E-state index in [1.165, 1.54) is 5.39 Å². The van der Waals surface area contributed by atoms with Gasteiger partial charge in [-0.1, -0.05) is 103 Å². The molecule has 0 amide bonds. The average molecular weight is 550 g/mol. The summed E-state index contributed by atoms with van der Waals surface area (Å²) >= 11 is 0. The van der Waals surface area contributed by atoms with Crippen LogP contribution in [0.4, 0.5) is 0 Å². The molecule has 3 heterocycles. The van der Waals surface area contributed by atoms with Crippen molar-refractivity contribution in [3.8, 4) is 28.7 Å². The zero-order valence-electron chi connectivity index (χ0n) is 23.0. The third-order valence-electron chi connectivity index (χ3n) is 8.34. The Balaban J connectivity index is 1.41. The third-order valence-corrected chi connectivity index (χ3v) is 8.34. The Morgan fingerprint density at radius 1 is 0.442 bits per heavy atom. The van der Waals surface area contributed by atoms with Crippen LogP contribution < -0.4 is 0 Å². The average Bonchev–Trinajstić information content (AvgIpc) is 3.42. The van der Waals surface area contributed by atoms with Crippen LogP contribution in [0.15, 0.2) is 140 Å². The van der Waals surface area contributed by atoms with E-state index in [1.807, 2.05) is 42.7 Å². The minimum atomic E-state index is 0.588. The molecule has 0 fully saturated rings. The van der Waals surface area contributed by atoms with Gasteiger partial charge in [0.25, 0.3) is 0 Å². The number of rotatable bonds is 3. The second-order valence-corrected chi connectivity index (χ2v) is 10.7. The van der Waals surface area contributed by atoms with Crippen LogP contribution in [0.3, 0.4) is 0 Å². The van der Waals surface area contributed by atoms with Crippen LogP contribution in [0.5, 0.6) is 0 Å². The molecule has 3 aromatic heterocycles. The van der Waals surface area contributed by atoms with Crippen molar-refractivity contribution in [3.05, 3.63) is 140 Å². The van der Waals surface area contributed by atoms with Gasteiger partial charge in [0.05, 0.1) is 11.0 Å². The Hall–Kier alpha value is -5.94. The summed E-state index contributed by atoms with van der Waals surface area (Å²) in [6.07, 6.45) is 3.79. The molecule has 9 rings (SSSR count). The number of hydrogen-bond donors (Lipinski definition) is 0. The van der Waals surface area contributed by atoms with Gasteiger partial charge in [0.2, 0.25) is 5.95 Å². The Morgan fingerprint density at radius 2 is 1.07 bits per heavy atom. The van der Waals surface area contributed by atoms with Gasteiger partial charge < -0.3 is 0 Å². The maximum Gasteiger partial charge on any atom is 0.238 e. The van der Waals surface area contributed by atoms with Crippen LogP contribution in [0.2, 0.25) is 0 Å². The molecule has 5 nitrogen and oxygen atoms in total. The normalized spacial score (nSPS) is 11.7. The minimum absolute atomic E-state index is 0.588. The summed E-state index contributed by atoms with van der Waals surface area (Å²) in [6, 6.07) is 44.1. The van der Waals surface area contributed by atoms with E-state index in [0.29, 0.717) is 17.6 Å². The van der Waals surface area contributed by atoms with Crippen LogP contribution >= 0.6 is 0 Å². The zero-order valence-corrected chi connectivity index (χ0v) is 23.0. The predicted molar refractivity (Wildman–Crippen MR) is 175 cm³/mol. The van der Waals surface area contributed by atoms with E-state index < -0.39 is 0 Å². The lowest BCUT2D eigenvalue weighted by atomic mass is 9.94. The summed E-state index contributed by atoms with van der Waals surface area (Å²) in [6.45, 7) is 0. The number of benzene rings is 6. The van der Waals surface area contributed by atoms with Gasteiger partial charge in [-0.2, -0.15) is 9.97 Å². The van der Waals surface area contributed by atoms with E-state index in [2.05, 4.69) is 107 Å². The maximum absolute atomic E-state index is 5.23. The molecule has 0 spiro atoms. The van der Waals surface area contributed by atoms with Gasteiger partial charge in [0, 0.05) is 39.7 Å². The number of pyridine rings is 1. The molecular formula is C38H23N5. The summed E-state index contributed by atoms with van der Waals surface area (Å²) in [4.78, 5) is 19.9. The fourth-order valence-electron chi connectivity index (χ4n) is 6.37. The van der Waals surface area contributed by atoms with Crippen molar-refractivity contribution in [3.63, 3.8) is 0 Å². The molecule has 0 unspecified atom stereocenters. The second kappa shape index (κ2) is 9.29. The van der Waals surface area contributed by atoms with Crippen molar-refractivity contribution in [2.24, 2.45) is 0 Å². The molecule has 6 aromatic carbocycles. The van der Waals surface area contributed by atoms with Crippen LogP contribution in [0.25, 0.3) is 82.8 Å². The molecule has 0 saturated heterocycles. The van der Waals surface area contributed by atoms with Gasteiger partial charge in [-0.05, 0) is 51.2 Å². The van der Waals surface area contributed by atoms with Gasteiger partial charge in [-0.25, -0.2) is 4.98 Å². The highest BCUT2D eigenvalue weighted by Gasteiger charge is 2.19. The SMILES string of the molecule is c1ccc(-c2nc(-c3cc4c5cnccc5ccc4c4ccccc34)nc(-n3c4ccccc4c4ccccc43)n2)cc1. The van der Waals surface area contributed by atoms with E-state index >= 15 is 0 Å². The summed E-state index contributed by atoms with van der Waals surface area (Å²) in [5.74, 6) is 1.85. The van der Waals surface area contributed by atoms with Crippen molar-refractivity contribution in [1.82, 2.24) is 24.5 Å². The lowest BCUT2D eigenvalue weighted by molar-refractivity contribution is 0.954. The molecule has 0 atom stereocenters. The number of nitrogens with zero attached hydrogens (tertiary/aromatic N) is 5. The smallest absolute Gasteiger partial charge is 0.238 e. The van der Waals surface area contributed by atoms with Gasteiger partial charge in [-0.15, -0.1) is 0 Å². The number of fused-ring (bicyclic) bond motifs is 8. The fraction of sp³-hybridized carbons (Fsp3) is 0. The Kier molecular flexibility index (Phi) is 5.13. The molecule has 0 aliphatic rings. The van der Waals surface area contributed by atoms with Crippen LogP contribution in [-0.4, -0.2) is 24.5 Å². The number of para-hydroxylation sites is 2. The molecule has 0 aliphatic heterocycles. The fourth-order valence-corrected chi connectivity index (χ4v) is 6.37. The van der Waals surface area contributed by atoms with Crippen molar-refractivity contribution in [1.29, 1.82) is 0 Å². The molecule has 0 bridgehead atoms. The van der Waals surface area contributed by atoms with Crippen LogP contribution in [0, 0.1) is 0 Å². The molecule has 0 radical (unpaired) electrons. The van der Waals surface area contributed by atoms with Crippen LogP contribution in [-0.2, 0) is 0 Å². The van der Waals surface area contributed by atoms with Gasteiger partial charge in [0.15, 0.2) is 11.6 Å². The summed E-state index contributed by atoms with van der Waals surface area (Å²) in [5.41, 5.74) is 4.01. The Morgan fingerprint density at radius 3 is 1.84 bits per heavy atom. The Bertz CT molecular complexity index is 2460. The highest BCUT2D eigenvalue weighted by molar-refractivity contribution is 6.20. The molecule has 5 heteroatoms. The van der Waals surface area contributed by atoms with E-state index in [1.54, 1.807) is 0 Å². The quantitative estimate of drug-likeness (QED) is 0.206. The Labute approximate surface area is 246 Å². The predicted octanol–water partition coefficient (Wildman–Crippen LogP) is 9.16.